The summed E-state index contributed by atoms with van der Waals surface area (Å²) in [5, 5.41) is 12.0. The fraction of sp³-hybridized carbons (Fsp3) is 0.133. The van der Waals surface area contributed by atoms with Crippen molar-refractivity contribution in [1.82, 2.24) is 4.72 Å². The van der Waals surface area contributed by atoms with Crippen molar-refractivity contribution in [2.45, 2.75) is 11.4 Å². The molecule has 0 aliphatic heterocycles. The summed E-state index contributed by atoms with van der Waals surface area (Å²) in [6.45, 7) is 0.563. The highest BCUT2D eigenvalue weighted by Gasteiger charge is 2.10. The molecule has 108 valence electrons. The van der Waals surface area contributed by atoms with Crippen molar-refractivity contribution in [2.75, 3.05) is 12.4 Å². The highest BCUT2D eigenvalue weighted by atomic mass is 32.2. The molecule has 0 heterocycles. The number of sulfonamides is 1. The Kier molecular flexibility index (Phi) is 4.58. The minimum absolute atomic E-state index is 0.224. The zero-order chi connectivity index (χ0) is 15.3. The molecule has 6 heteroatoms. The first-order valence-corrected chi connectivity index (χ1v) is 7.80. The van der Waals surface area contributed by atoms with E-state index in [0.29, 0.717) is 12.1 Å². The van der Waals surface area contributed by atoms with E-state index in [0.717, 1.165) is 11.3 Å². The van der Waals surface area contributed by atoms with E-state index in [1.165, 1.54) is 7.05 Å². The molecule has 0 bridgehead atoms. The topological polar surface area (TPSA) is 82.0 Å². The first-order valence-electron chi connectivity index (χ1n) is 6.32. The van der Waals surface area contributed by atoms with Gasteiger partial charge in [0.1, 0.15) is 0 Å². The van der Waals surface area contributed by atoms with Crippen LogP contribution in [0.15, 0.2) is 53.4 Å². The Labute approximate surface area is 124 Å². The number of hydrogen-bond donors (Lipinski definition) is 2. The zero-order valence-corrected chi connectivity index (χ0v) is 12.3. The molecule has 0 radical (unpaired) electrons. The van der Waals surface area contributed by atoms with Crippen molar-refractivity contribution in [3.63, 3.8) is 0 Å². The molecule has 0 saturated carbocycles. The Morgan fingerprint density at radius 1 is 1.14 bits per heavy atom. The summed E-state index contributed by atoms with van der Waals surface area (Å²) >= 11 is 0. The molecule has 0 aliphatic carbocycles. The predicted octanol–water partition coefficient (Wildman–Crippen LogP) is 2.08. The van der Waals surface area contributed by atoms with Gasteiger partial charge < -0.3 is 5.32 Å². The minimum Gasteiger partial charge on any atom is -0.381 e. The summed E-state index contributed by atoms with van der Waals surface area (Å²) in [7, 11) is -2.03. The van der Waals surface area contributed by atoms with E-state index in [4.69, 9.17) is 5.26 Å². The van der Waals surface area contributed by atoms with Gasteiger partial charge in [-0.15, -0.1) is 0 Å². The van der Waals surface area contributed by atoms with Crippen LogP contribution in [0.2, 0.25) is 0 Å². The summed E-state index contributed by atoms with van der Waals surface area (Å²) < 4.78 is 25.5. The van der Waals surface area contributed by atoms with Crippen LogP contribution in [0.5, 0.6) is 0 Å². The number of nitriles is 1. The van der Waals surface area contributed by atoms with E-state index in [1.54, 1.807) is 30.3 Å². The number of anilines is 1. The number of nitrogens with zero attached hydrogens (tertiary/aromatic N) is 1. The highest BCUT2D eigenvalue weighted by Crippen LogP contribution is 2.15. The van der Waals surface area contributed by atoms with E-state index < -0.39 is 10.0 Å². The van der Waals surface area contributed by atoms with E-state index >= 15 is 0 Å². The van der Waals surface area contributed by atoms with Gasteiger partial charge in [-0.1, -0.05) is 12.1 Å². The van der Waals surface area contributed by atoms with Gasteiger partial charge in [-0.25, -0.2) is 13.1 Å². The van der Waals surface area contributed by atoms with Gasteiger partial charge in [0.25, 0.3) is 0 Å². The fourth-order valence-electron chi connectivity index (χ4n) is 1.82. The molecular formula is C15H15N3O2S. The van der Waals surface area contributed by atoms with Crippen molar-refractivity contribution in [3.8, 4) is 6.07 Å². The molecule has 0 fully saturated rings. The van der Waals surface area contributed by atoms with Crippen LogP contribution in [0.4, 0.5) is 5.69 Å². The number of nitrogens with one attached hydrogen (secondary N) is 2. The molecule has 2 N–H and O–H groups in total. The number of rotatable bonds is 5. The second kappa shape index (κ2) is 6.39. The molecule has 0 saturated heterocycles. The molecule has 21 heavy (non-hydrogen) atoms. The Morgan fingerprint density at radius 2 is 1.86 bits per heavy atom. The van der Waals surface area contributed by atoms with E-state index in [-0.39, 0.29) is 4.90 Å². The molecule has 0 aromatic heterocycles. The van der Waals surface area contributed by atoms with E-state index in [2.05, 4.69) is 16.1 Å². The maximum absolute atomic E-state index is 11.6. The Balaban J connectivity index is 2.06. The Bertz CT molecular complexity index is 762. The van der Waals surface area contributed by atoms with Gasteiger partial charge in [-0.3, -0.25) is 0 Å². The van der Waals surface area contributed by atoms with Crippen LogP contribution >= 0.6 is 0 Å². The third kappa shape index (κ3) is 3.81. The number of benzene rings is 2. The largest absolute Gasteiger partial charge is 0.381 e. The molecule has 5 nitrogen and oxygen atoms in total. The second-order valence-electron chi connectivity index (χ2n) is 4.40. The molecule has 0 atom stereocenters. The summed E-state index contributed by atoms with van der Waals surface area (Å²) in [5.74, 6) is 0. The summed E-state index contributed by atoms with van der Waals surface area (Å²) in [4.78, 5) is 0.224. The van der Waals surface area contributed by atoms with Crippen molar-refractivity contribution >= 4 is 15.7 Å². The summed E-state index contributed by atoms with van der Waals surface area (Å²) in [6, 6.07) is 15.9. The second-order valence-corrected chi connectivity index (χ2v) is 6.28. The van der Waals surface area contributed by atoms with Crippen LogP contribution < -0.4 is 10.0 Å². The Hall–Kier alpha value is -2.36. The van der Waals surface area contributed by atoms with Gasteiger partial charge in [0.2, 0.25) is 10.0 Å². The fourth-order valence-corrected chi connectivity index (χ4v) is 2.55. The maximum atomic E-state index is 11.6. The molecule has 0 amide bonds. The van der Waals surface area contributed by atoms with Gasteiger partial charge in [0.15, 0.2) is 0 Å². The van der Waals surface area contributed by atoms with Gasteiger partial charge >= 0.3 is 0 Å². The molecule has 2 aromatic rings. The molecule has 2 aromatic carbocycles. The standard InChI is InChI=1S/C15H15N3O2S/c1-17-21(19,20)15-7-5-14(6-8-15)18-11-13-4-2-3-12(9-13)10-16/h2-9,17-18H,11H2,1H3. The lowest BCUT2D eigenvalue weighted by Gasteiger charge is -2.08. The van der Waals surface area contributed by atoms with Gasteiger partial charge in [0.05, 0.1) is 16.5 Å². The first-order chi connectivity index (χ1) is 10.0. The van der Waals surface area contributed by atoms with Crippen molar-refractivity contribution in [1.29, 1.82) is 5.26 Å². The minimum atomic E-state index is -3.40. The molecule has 2 rings (SSSR count). The molecule has 0 spiro atoms. The summed E-state index contributed by atoms with van der Waals surface area (Å²) in [5.41, 5.74) is 2.41. The van der Waals surface area contributed by atoms with Crippen LogP contribution in [0.25, 0.3) is 0 Å². The van der Waals surface area contributed by atoms with Crippen molar-refractivity contribution in [3.05, 3.63) is 59.7 Å². The van der Waals surface area contributed by atoms with Gasteiger partial charge in [-0.05, 0) is 49.0 Å². The third-order valence-corrected chi connectivity index (χ3v) is 4.42. The normalized spacial score (nSPS) is 10.9. The average molecular weight is 301 g/mol. The third-order valence-electron chi connectivity index (χ3n) is 2.99. The monoisotopic (exact) mass is 301 g/mol. The van der Waals surface area contributed by atoms with E-state index in [9.17, 15) is 8.42 Å². The quantitative estimate of drug-likeness (QED) is 0.886. The summed E-state index contributed by atoms with van der Waals surface area (Å²) in [6.07, 6.45) is 0. The lowest BCUT2D eigenvalue weighted by Crippen LogP contribution is -2.18. The lowest BCUT2D eigenvalue weighted by molar-refractivity contribution is 0.588. The zero-order valence-electron chi connectivity index (χ0n) is 11.5. The van der Waals surface area contributed by atoms with E-state index in [1.807, 2.05) is 18.2 Å². The molecular weight excluding hydrogens is 286 g/mol. The van der Waals surface area contributed by atoms with Crippen LogP contribution in [-0.4, -0.2) is 15.5 Å². The number of hydrogen-bond acceptors (Lipinski definition) is 4. The average Bonchev–Trinajstić information content (AvgIpc) is 2.53. The first kappa shape index (κ1) is 15.0. The van der Waals surface area contributed by atoms with Gasteiger partial charge in [0, 0.05) is 12.2 Å². The van der Waals surface area contributed by atoms with Crippen molar-refractivity contribution < 1.29 is 8.42 Å². The van der Waals surface area contributed by atoms with Crippen molar-refractivity contribution in [2.24, 2.45) is 0 Å². The van der Waals surface area contributed by atoms with Crippen LogP contribution in [-0.2, 0) is 16.6 Å². The van der Waals surface area contributed by atoms with Crippen LogP contribution in [0.3, 0.4) is 0 Å². The predicted molar refractivity (Wildman–Crippen MR) is 81.2 cm³/mol. The van der Waals surface area contributed by atoms with Crippen LogP contribution in [0, 0.1) is 11.3 Å². The highest BCUT2D eigenvalue weighted by molar-refractivity contribution is 7.89. The molecule has 0 unspecified atom stereocenters. The van der Waals surface area contributed by atoms with Gasteiger partial charge in [-0.2, -0.15) is 5.26 Å². The Morgan fingerprint density at radius 3 is 2.48 bits per heavy atom. The maximum Gasteiger partial charge on any atom is 0.240 e. The lowest BCUT2D eigenvalue weighted by atomic mass is 10.1. The molecule has 0 aliphatic rings. The smallest absolute Gasteiger partial charge is 0.240 e. The van der Waals surface area contributed by atoms with Crippen LogP contribution in [0.1, 0.15) is 11.1 Å². The SMILES string of the molecule is CNS(=O)(=O)c1ccc(NCc2cccc(C#N)c2)cc1.